The molecule has 2 aromatic carbocycles. The molecule has 0 aliphatic carbocycles. The van der Waals surface area contributed by atoms with Gasteiger partial charge in [0, 0.05) is 17.8 Å². The molecule has 1 saturated heterocycles. The van der Waals surface area contributed by atoms with Crippen LogP contribution in [0.15, 0.2) is 58.6 Å². The van der Waals surface area contributed by atoms with E-state index < -0.39 is 17.9 Å². The number of likely N-dealkylation sites (N-methyl/N-ethyl adjacent to an activating group) is 1. The minimum atomic E-state index is -0.635. The number of benzene rings is 2. The van der Waals surface area contributed by atoms with Gasteiger partial charge in [0.05, 0.1) is 35.2 Å². The van der Waals surface area contributed by atoms with E-state index in [9.17, 15) is 14.0 Å². The standard InChI is InChI=1S/C21H23ClFN7O2S/c1-30-19(21(32)27-14-7-8-17(23)16(22)9-14)10-18(29-33-30)20(31)26-12-15(28-24)11-25-13-5-3-2-4-6-13/h2-9,11,18-19,29H,10,12,24H2,1H3,(H,26,31)(H,27,32)/b25-11?,28-15+. The number of carbonyl (C=O) groups excluding carboxylic acids is 2. The first-order valence-corrected chi connectivity index (χ1v) is 11.1. The summed E-state index contributed by atoms with van der Waals surface area (Å²) in [6.07, 6.45) is 1.69. The third-order valence-corrected chi connectivity index (χ3v) is 5.99. The lowest BCUT2D eigenvalue weighted by molar-refractivity contribution is -0.124. The Hall–Kier alpha value is -2.99. The molecule has 2 aromatic rings. The van der Waals surface area contributed by atoms with Gasteiger partial charge in [-0.25, -0.2) is 13.4 Å². The van der Waals surface area contributed by atoms with Gasteiger partial charge in [-0.3, -0.25) is 14.6 Å². The smallest absolute Gasteiger partial charge is 0.242 e. The predicted octanol–water partition coefficient (Wildman–Crippen LogP) is 2.48. The maximum absolute atomic E-state index is 13.3. The van der Waals surface area contributed by atoms with Crippen molar-refractivity contribution in [2.75, 3.05) is 18.9 Å². The molecule has 1 aliphatic rings. The fourth-order valence-electron chi connectivity index (χ4n) is 2.95. The number of rotatable bonds is 7. The number of hydrazone groups is 1. The van der Waals surface area contributed by atoms with Gasteiger partial charge in [0.1, 0.15) is 11.9 Å². The molecule has 2 unspecified atom stereocenters. The van der Waals surface area contributed by atoms with Crippen LogP contribution in [-0.4, -0.2) is 53.7 Å². The summed E-state index contributed by atoms with van der Waals surface area (Å²) in [6, 6.07) is 11.9. The van der Waals surface area contributed by atoms with E-state index in [0.717, 1.165) is 17.8 Å². The largest absolute Gasteiger partial charge is 0.349 e. The topological polar surface area (TPSA) is 124 Å². The predicted molar refractivity (Wildman–Crippen MR) is 130 cm³/mol. The monoisotopic (exact) mass is 491 g/mol. The van der Waals surface area contributed by atoms with E-state index in [-0.39, 0.29) is 29.8 Å². The van der Waals surface area contributed by atoms with Crippen molar-refractivity contribution in [1.29, 1.82) is 0 Å². The lowest BCUT2D eigenvalue weighted by Gasteiger charge is -2.34. The Morgan fingerprint density at radius 1 is 1.30 bits per heavy atom. The number of para-hydroxylation sites is 1. The second-order valence-electron chi connectivity index (χ2n) is 7.11. The Bertz CT molecular complexity index is 1050. The van der Waals surface area contributed by atoms with E-state index >= 15 is 0 Å². The highest BCUT2D eigenvalue weighted by Crippen LogP contribution is 2.24. The highest BCUT2D eigenvalue weighted by atomic mass is 35.5. The number of anilines is 1. The minimum Gasteiger partial charge on any atom is -0.349 e. The summed E-state index contributed by atoms with van der Waals surface area (Å²) in [5.74, 6) is 4.18. The number of aliphatic imine (C=N–C) groups is 1. The van der Waals surface area contributed by atoms with E-state index in [1.165, 1.54) is 24.4 Å². The zero-order chi connectivity index (χ0) is 23.8. The lowest BCUT2D eigenvalue weighted by atomic mass is 10.1. The third-order valence-electron chi connectivity index (χ3n) is 4.77. The van der Waals surface area contributed by atoms with Crippen molar-refractivity contribution in [3.8, 4) is 0 Å². The molecule has 174 valence electrons. The van der Waals surface area contributed by atoms with Gasteiger partial charge < -0.3 is 16.5 Å². The zero-order valence-corrected chi connectivity index (χ0v) is 19.2. The van der Waals surface area contributed by atoms with Gasteiger partial charge in [0.15, 0.2) is 0 Å². The zero-order valence-electron chi connectivity index (χ0n) is 17.7. The molecule has 3 rings (SSSR count). The second-order valence-corrected chi connectivity index (χ2v) is 8.51. The number of hydrogen-bond donors (Lipinski definition) is 4. The van der Waals surface area contributed by atoms with Crippen LogP contribution in [0.25, 0.3) is 0 Å². The Morgan fingerprint density at radius 3 is 2.76 bits per heavy atom. The average molecular weight is 492 g/mol. The van der Waals surface area contributed by atoms with Crippen molar-refractivity contribution in [2.45, 2.75) is 18.5 Å². The molecule has 1 heterocycles. The van der Waals surface area contributed by atoms with Crippen LogP contribution >= 0.6 is 23.7 Å². The molecule has 2 amide bonds. The maximum atomic E-state index is 13.3. The van der Waals surface area contributed by atoms with Crippen molar-refractivity contribution in [3.63, 3.8) is 0 Å². The van der Waals surface area contributed by atoms with E-state index in [1.807, 2.05) is 30.3 Å². The van der Waals surface area contributed by atoms with Crippen LogP contribution in [0.3, 0.4) is 0 Å². The number of halogens is 2. The molecule has 33 heavy (non-hydrogen) atoms. The Morgan fingerprint density at radius 2 is 2.06 bits per heavy atom. The second kappa shape index (κ2) is 11.8. The molecule has 2 atom stereocenters. The first-order valence-electron chi connectivity index (χ1n) is 9.92. The minimum absolute atomic E-state index is 0.0787. The molecule has 1 aliphatic heterocycles. The summed E-state index contributed by atoms with van der Waals surface area (Å²) >= 11 is 6.92. The molecular weight excluding hydrogens is 469 g/mol. The van der Waals surface area contributed by atoms with Crippen LogP contribution in [0.4, 0.5) is 15.8 Å². The summed E-state index contributed by atoms with van der Waals surface area (Å²) in [5.41, 5.74) is 1.48. The van der Waals surface area contributed by atoms with Crippen molar-refractivity contribution >= 4 is 58.9 Å². The van der Waals surface area contributed by atoms with Gasteiger partial charge >= 0.3 is 0 Å². The Kier molecular flexibility index (Phi) is 8.78. The van der Waals surface area contributed by atoms with Crippen LogP contribution in [0.2, 0.25) is 5.02 Å². The van der Waals surface area contributed by atoms with E-state index in [1.54, 1.807) is 11.4 Å². The summed E-state index contributed by atoms with van der Waals surface area (Å²) < 4.78 is 18.1. The normalized spacial score (nSPS) is 19.4. The first-order chi connectivity index (χ1) is 15.9. The van der Waals surface area contributed by atoms with Gasteiger partial charge in [-0.05, 0) is 43.8 Å². The molecule has 0 bridgehead atoms. The molecule has 1 fully saturated rings. The number of hydrogen-bond acceptors (Lipinski definition) is 8. The lowest BCUT2D eigenvalue weighted by Crippen LogP contribution is -2.54. The Labute approximate surface area is 199 Å². The first kappa shape index (κ1) is 24.6. The van der Waals surface area contributed by atoms with E-state index in [0.29, 0.717) is 11.4 Å². The van der Waals surface area contributed by atoms with Crippen molar-refractivity contribution in [1.82, 2.24) is 14.3 Å². The van der Waals surface area contributed by atoms with Crippen molar-refractivity contribution in [2.24, 2.45) is 15.9 Å². The number of nitrogens with zero attached hydrogens (tertiary/aromatic N) is 3. The average Bonchev–Trinajstić information content (AvgIpc) is 2.82. The quantitative estimate of drug-likeness (QED) is 0.204. The maximum Gasteiger partial charge on any atom is 0.242 e. The van der Waals surface area contributed by atoms with Crippen LogP contribution in [0, 0.1) is 5.82 Å². The molecule has 0 aromatic heterocycles. The van der Waals surface area contributed by atoms with Gasteiger partial charge in [-0.1, -0.05) is 29.8 Å². The number of nitrogens with two attached hydrogens (primary N) is 1. The van der Waals surface area contributed by atoms with E-state index in [4.69, 9.17) is 17.4 Å². The van der Waals surface area contributed by atoms with Crippen molar-refractivity contribution < 1.29 is 14.0 Å². The number of amides is 2. The van der Waals surface area contributed by atoms with Crippen LogP contribution < -0.4 is 21.2 Å². The third kappa shape index (κ3) is 6.99. The van der Waals surface area contributed by atoms with Crippen LogP contribution in [-0.2, 0) is 9.59 Å². The van der Waals surface area contributed by atoms with Gasteiger partial charge in [0.25, 0.3) is 0 Å². The fourth-order valence-corrected chi connectivity index (χ4v) is 3.94. The summed E-state index contributed by atoms with van der Waals surface area (Å²) in [6.45, 7) is 0.0787. The highest BCUT2D eigenvalue weighted by molar-refractivity contribution is 7.95. The molecule has 0 saturated carbocycles. The van der Waals surface area contributed by atoms with Crippen LogP contribution in [0.5, 0.6) is 0 Å². The number of nitrogens with one attached hydrogen (secondary N) is 3. The molecule has 0 spiro atoms. The van der Waals surface area contributed by atoms with Crippen LogP contribution in [0.1, 0.15) is 6.42 Å². The highest BCUT2D eigenvalue weighted by Gasteiger charge is 2.35. The van der Waals surface area contributed by atoms with E-state index in [2.05, 4.69) is 25.4 Å². The van der Waals surface area contributed by atoms with Gasteiger partial charge in [-0.2, -0.15) is 5.10 Å². The summed E-state index contributed by atoms with van der Waals surface area (Å²) in [7, 11) is 1.73. The fraction of sp³-hybridized carbons (Fsp3) is 0.238. The molecule has 5 N–H and O–H groups in total. The molecular formula is C21H23ClFN7O2S. The van der Waals surface area contributed by atoms with Gasteiger partial charge in [-0.15, -0.1) is 0 Å². The summed E-state index contributed by atoms with van der Waals surface area (Å²) in [5, 5.41) is 9.02. The molecule has 0 radical (unpaired) electrons. The molecule has 12 heteroatoms. The molecule has 9 nitrogen and oxygen atoms in total. The number of carbonyl (C=O) groups is 2. The van der Waals surface area contributed by atoms with Gasteiger partial charge in [0.2, 0.25) is 11.8 Å². The Balaban J connectivity index is 1.55. The van der Waals surface area contributed by atoms with Crippen molar-refractivity contribution in [3.05, 3.63) is 59.4 Å². The SMILES string of the molecule is CN1SNC(C(=O)NC/C(C=Nc2ccccc2)=N/N)CC1C(=O)Nc1ccc(F)c(Cl)c1. The summed E-state index contributed by atoms with van der Waals surface area (Å²) in [4.78, 5) is 29.7.